The van der Waals surface area contributed by atoms with E-state index in [1.165, 1.54) is 32.5 Å². The van der Waals surface area contributed by atoms with Gasteiger partial charge in [0.15, 0.2) is 0 Å². The highest BCUT2D eigenvalue weighted by molar-refractivity contribution is 4.85. The molecule has 58 valence electrons. The monoisotopic (exact) mass is 140 g/mol. The fourth-order valence-electron chi connectivity index (χ4n) is 2.18. The standard InChI is InChI=1S/C8H16N2/c1-10-5-7-2-3-8(6-10)9-4-7/h7-9H,2-6H2,1H3/t7?,8-/m0/s1. The first-order valence-electron chi connectivity index (χ1n) is 4.26. The fourth-order valence-corrected chi connectivity index (χ4v) is 2.18. The van der Waals surface area contributed by atoms with Crippen LogP contribution >= 0.6 is 0 Å². The van der Waals surface area contributed by atoms with Crippen LogP contribution in [0.2, 0.25) is 0 Å². The molecular weight excluding hydrogens is 124 g/mol. The average molecular weight is 140 g/mol. The largest absolute Gasteiger partial charge is 0.312 e. The van der Waals surface area contributed by atoms with Crippen molar-refractivity contribution >= 4 is 0 Å². The highest BCUT2D eigenvalue weighted by Crippen LogP contribution is 2.19. The molecule has 0 aromatic carbocycles. The summed E-state index contributed by atoms with van der Waals surface area (Å²) < 4.78 is 0. The lowest BCUT2D eigenvalue weighted by Crippen LogP contribution is -2.38. The van der Waals surface area contributed by atoms with Gasteiger partial charge in [-0.2, -0.15) is 0 Å². The Bertz CT molecular complexity index is 102. The minimum absolute atomic E-state index is 0.795. The summed E-state index contributed by atoms with van der Waals surface area (Å²) in [6.45, 7) is 3.83. The Morgan fingerprint density at radius 1 is 1.30 bits per heavy atom. The van der Waals surface area contributed by atoms with Crippen molar-refractivity contribution in [3.63, 3.8) is 0 Å². The Balaban J connectivity index is 2.05. The number of hydrogen-bond acceptors (Lipinski definition) is 2. The Hall–Kier alpha value is -0.0800. The predicted molar refractivity (Wildman–Crippen MR) is 42.0 cm³/mol. The van der Waals surface area contributed by atoms with Gasteiger partial charge < -0.3 is 10.2 Å². The van der Waals surface area contributed by atoms with Gasteiger partial charge in [-0.1, -0.05) is 0 Å². The number of fused-ring (bicyclic) bond motifs is 4. The van der Waals surface area contributed by atoms with Crippen LogP contribution in [0.15, 0.2) is 0 Å². The van der Waals surface area contributed by atoms with E-state index in [4.69, 9.17) is 0 Å². The van der Waals surface area contributed by atoms with Crippen LogP contribution in [0.4, 0.5) is 0 Å². The van der Waals surface area contributed by atoms with Crippen LogP contribution in [0.25, 0.3) is 0 Å². The lowest BCUT2D eigenvalue weighted by Gasteiger charge is -2.23. The lowest BCUT2D eigenvalue weighted by atomic mass is 9.97. The maximum atomic E-state index is 3.57. The molecule has 1 unspecified atom stereocenters. The van der Waals surface area contributed by atoms with Gasteiger partial charge in [-0.15, -0.1) is 0 Å². The van der Waals surface area contributed by atoms with E-state index >= 15 is 0 Å². The van der Waals surface area contributed by atoms with E-state index in [1.807, 2.05) is 0 Å². The van der Waals surface area contributed by atoms with Crippen LogP contribution in [0, 0.1) is 5.92 Å². The van der Waals surface area contributed by atoms with E-state index in [0.717, 1.165) is 12.0 Å². The van der Waals surface area contributed by atoms with Crippen molar-refractivity contribution in [3.8, 4) is 0 Å². The predicted octanol–water partition coefficient (Wildman–Crippen LogP) is 0.300. The zero-order chi connectivity index (χ0) is 6.97. The molecule has 2 atom stereocenters. The van der Waals surface area contributed by atoms with Crippen molar-refractivity contribution in [2.45, 2.75) is 18.9 Å². The summed E-state index contributed by atoms with van der Waals surface area (Å²) in [7, 11) is 2.23. The molecule has 1 N–H and O–H groups in total. The molecule has 0 amide bonds. The molecule has 2 nitrogen and oxygen atoms in total. The summed E-state index contributed by atoms with van der Waals surface area (Å²) in [6.07, 6.45) is 2.84. The quantitative estimate of drug-likeness (QED) is 0.520. The van der Waals surface area contributed by atoms with Crippen molar-refractivity contribution in [2.24, 2.45) is 5.92 Å². The molecule has 0 saturated carbocycles. The fraction of sp³-hybridized carbons (Fsp3) is 1.00. The molecular formula is C8H16N2. The van der Waals surface area contributed by atoms with Crippen LogP contribution in [0.5, 0.6) is 0 Å². The van der Waals surface area contributed by atoms with Gasteiger partial charge >= 0.3 is 0 Å². The van der Waals surface area contributed by atoms with Crippen LogP contribution in [0.1, 0.15) is 12.8 Å². The molecule has 3 aliphatic heterocycles. The number of nitrogens with zero attached hydrogens (tertiary/aromatic N) is 1. The van der Waals surface area contributed by atoms with Crippen LogP contribution in [-0.2, 0) is 0 Å². The third-order valence-electron chi connectivity index (χ3n) is 2.72. The van der Waals surface area contributed by atoms with E-state index in [2.05, 4.69) is 17.3 Å². The second-order valence-corrected chi connectivity index (χ2v) is 3.77. The topological polar surface area (TPSA) is 15.3 Å². The molecule has 3 fully saturated rings. The van der Waals surface area contributed by atoms with Crippen molar-refractivity contribution in [1.82, 2.24) is 10.2 Å². The summed E-state index contributed by atoms with van der Waals surface area (Å²) in [5.41, 5.74) is 0. The number of piperidine rings is 1. The Labute approximate surface area is 62.6 Å². The van der Waals surface area contributed by atoms with Crippen molar-refractivity contribution < 1.29 is 0 Å². The number of hydrogen-bond donors (Lipinski definition) is 1. The third kappa shape index (κ3) is 1.18. The van der Waals surface area contributed by atoms with E-state index in [-0.39, 0.29) is 0 Å². The van der Waals surface area contributed by atoms with Gasteiger partial charge in [-0.05, 0) is 32.4 Å². The average Bonchev–Trinajstić information content (AvgIpc) is 2.17. The molecule has 2 bridgehead atoms. The highest BCUT2D eigenvalue weighted by Gasteiger charge is 2.26. The van der Waals surface area contributed by atoms with E-state index in [1.54, 1.807) is 0 Å². The van der Waals surface area contributed by atoms with Crippen LogP contribution < -0.4 is 5.32 Å². The van der Waals surface area contributed by atoms with Gasteiger partial charge in [0, 0.05) is 19.1 Å². The number of rotatable bonds is 0. The molecule has 3 rings (SSSR count). The zero-order valence-electron chi connectivity index (χ0n) is 6.64. The van der Waals surface area contributed by atoms with Gasteiger partial charge in [-0.25, -0.2) is 0 Å². The Morgan fingerprint density at radius 2 is 2.20 bits per heavy atom. The Kier molecular flexibility index (Phi) is 1.66. The van der Waals surface area contributed by atoms with E-state index in [0.29, 0.717) is 0 Å². The lowest BCUT2D eigenvalue weighted by molar-refractivity contribution is 0.320. The van der Waals surface area contributed by atoms with E-state index < -0.39 is 0 Å². The summed E-state index contributed by atoms with van der Waals surface area (Å²) in [4.78, 5) is 2.46. The first kappa shape index (κ1) is 6.62. The molecule has 3 aliphatic rings. The number of nitrogens with one attached hydrogen (secondary N) is 1. The maximum absolute atomic E-state index is 3.57. The second kappa shape index (κ2) is 2.51. The molecule has 0 aliphatic carbocycles. The molecule has 0 radical (unpaired) electrons. The minimum Gasteiger partial charge on any atom is -0.312 e. The SMILES string of the molecule is CN1CC2CC[C@@H](C1)NC2. The van der Waals surface area contributed by atoms with Crippen LogP contribution in [0.3, 0.4) is 0 Å². The smallest absolute Gasteiger partial charge is 0.0195 e. The first-order chi connectivity index (χ1) is 4.84. The summed E-state index contributed by atoms with van der Waals surface area (Å²) in [5.74, 6) is 0.934. The molecule has 3 heterocycles. The van der Waals surface area contributed by atoms with Gasteiger partial charge in [0.25, 0.3) is 0 Å². The van der Waals surface area contributed by atoms with Gasteiger partial charge in [0.05, 0.1) is 0 Å². The summed E-state index contributed by atoms with van der Waals surface area (Å²) in [5, 5.41) is 3.57. The minimum atomic E-state index is 0.795. The molecule has 0 aromatic rings. The Morgan fingerprint density at radius 3 is 2.90 bits per heavy atom. The molecule has 3 saturated heterocycles. The zero-order valence-corrected chi connectivity index (χ0v) is 6.64. The van der Waals surface area contributed by atoms with Crippen molar-refractivity contribution in [3.05, 3.63) is 0 Å². The second-order valence-electron chi connectivity index (χ2n) is 3.77. The van der Waals surface area contributed by atoms with Crippen molar-refractivity contribution in [2.75, 3.05) is 26.7 Å². The molecule has 0 aromatic heterocycles. The molecule has 2 heteroatoms. The van der Waals surface area contributed by atoms with E-state index in [9.17, 15) is 0 Å². The first-order valence-corrected chi connectivity index (χ1v) is 4.26. The van der Waals surface area contributed by atoms with Crippen LogP contribution in [-0.4, -0.2) is 37.6 Å². The third-order valence-corrected chi connectivity index (χ3v) is 2.72. The van der Waals surface area contributed by atoms with Gasteiger partial charge in [-0.3, -0.25) is 0 Å². The van der Waals surface area contributed by atoms with Gasteiger partial charge in [0.2, 0.25) is 0 Å². The molecule has 10 heavy (non-hydrogen) atoms. The normalized spacial score (nSPS) is 41.7. The summed E-state index contributed by atoms with van der Waals surface area (Å²) >= 11 is 0. The van der Waals surface area contributed by atoms with Gasteiger partial charge in [0.1, 0.15) is 0 Å². The maximum Gasteiger partial charge on any atom is 0.0195 e. The highest BCUT2D eigenvalue weighted by atomic mass is 15.2. The summed E-state index contributed by atoms with van der Waals surface area (Å²) in [6, 6.07) is 0.795. The number of likely N-dealkylation sites (N-methyl/N-ethyl adjacent to an activating group) is 1. The molecule has 0 spiro atoms. The van der Waals surface area contributed by atoms with Crippen molar-refractivity contribution in [1.29, 1.82) is 0 Å².